The second-order valence-electron chi connectivity index (χ2n) is 5.16. The molecule has 19 heavy (non-hydrogen) atoms. The molecular weight excluding hydrogens is 234 g/mol. The summed E-state index contributed by atoms with van der Waals surface area (Å²) < 4.78 is 2.20. The van der Waals surface area contributed by atoms with E-state index in [0.717, 1.165) is 18.9 Å². The van der Waals surface area contributed by atoms with Crippen molar-refractivity contribution in [3.05, 3.63) is 53.1 Å². The second kappa shape index (κ2) is 6.02. The fourth-order valence-corrected chi connectivity index (χ4v) is 2.54. The van der Waals surface area contributed by atoms with Crippen molar-refractivity contribution in [1.29, 1.82) is 0 Å². The van der Waals surface area contributed by atoms with Crippen molar-refractivity contribution in [2.75, 3.05) is 6.54 Å². The summed E-state index contributed by atoms with van der Waals surface area (Å²) in [5.74, 6) is 1.06. The molecule has 0 saturated heterocycles. The van der Waals surface area contributed by atoms with Crippen molar-refractivity contribution >= 4 is 0 Å². The van der Waals surface area contributed by atoms with Crippen molar-refractivity contribution in [3.63, 3.8) is 0 Å². The highest BCUT2D eigenvalue weighted by Crippen LogP contribution is 2.19. The van der Waals surface area contributed by atoms with E-state index in [1.807, 2.05) is 19.3 Å². The predicted octanol–water partition coefficient (Wildman–Crippen LogP) is 3.16. The Kier molecular flexibility index (Phi) is 4.38. The predicted molar refractivity (Wildman–Crippen MR) is 79.3 cm³/mol. The van der Waals surface area contributed by atoms with E-state index in [2.05, 4.69) is 53.8 Å². The molecule has 1 N–H and O–H groups in total. The molecule has 102 valence electrons. The molecule has 0 spiro atoms. The molecule has 3 nitrogen and oxygen atoms in total. The summed E-state index contributed by atoms with van der Waals surface area (Å²) in [6.07, 6.45) is 3.90. The number of likely N-dealkylation sites (N-methyl/N-ethyl adjacent to an activating group) is 1. The van der Waals surface area contributed by atoms with E-state index in [1.165, 1.54) is 16.7 Å². The fraction of sp³-hybridized carbons (Fsp3) is 0.438. The van der Waals surface area contributed by atoms with E-state index in [-0.39, 0.29) is 0 Å². The van der Waals surface area contributed by atoms with Gasteiger partial charge in [0.25, 0.3) is 0 Å². The van der Waals surface area contributed by atoms with Crippen molar-refractivity contribution in [2.24, 2.45) is 0 Å². The Bertz CT molecular complexity index is 522. The third kappa shape index (κ3) is 3.44. The van der Waals surface area contributed by atoms with Gasteiger partial charge in [0.05, 0.1) is 6.04 Å². The number of benzene rings is 1. The number of hydrogen-bond acceptors (Lipinski definition) is 2. The maximum absolute atomic E-state index is 4.29. The molecule has 0 saturated carbocycles. The quantitative estimate of drug-likeness (QED) is 0.891. The third-order valence-corrected chi connectivity index (χ3v) is 3.40. The molecule has 1 heterocycles. The highest BCUT2D eigenvalue weighted by molar-refractivity contribution is 5.30. The Labute approximate surface area is 115 Å². The van der Waals surface area contributed by atoms with E-state index >= 15 is 0 Å². The average Bonchev–Trinajstić information content (AvgIpc) is 2.73. The van der Waals surface area contributed by atoms with Crippen LogP contribution in [0.3, 0.4) is 0 Å². The third-order valence-electron chi connectivity index (χ3n) is 3.40. The molecule has 1 atom stereocenters. The molecule has 1 aromatic carbocycles. The topological polar surface area (TPSA) is 29.9 Å². The minimum Gasteiger partial charge on any atom is -0.333 e. The first-order valence-electron chi connectivity index (χ1n) is 6.89. The minimum absolute atomic E-state index is 0.330. The number of rotatable bonds is 5. The van der Waals surface area contributed by atoms with Gasteiger partial charge in [0.1, 0.15) is 5.82 Å². The molecule has 2 rings (SSSR count). The number of aromatic nitrogens is 2. The zero-order valence-corrected chi connectivity index (χ0v) is 12.3. The summed E-state index contributed by atoms with van der Waals surface area (Å²) in [4.78, 5) is 4.29. The van der Waals surface area contributed by atoms with Gasteiger partial charge in [-0.2, -0.15) is 0 Å². The summed E-state index contributed by atoms with van der Waals surface area (Å²) in [5.41, 5.74) is 3.99. The normalized spacial score (nSPS) is 12.6. The van der Waals surface area contributed by atoms with E-state index < -0.39 is 0 Å². The molecule has 0 aliphatic carbocycles. The van der Waals surface area contributed by atoms with Gasteiger partial charge < -0.3 is 9.88 Å². The van der Waals surface area contributed by atoms with Crippen LogP contribution < -0.4 is 5.32 Å². The van der Waals surface area contributed by atoms with Gasteiger partial charge in [-0.05, 0) is 32.9 Å². The van der Waals surface area contributed by atoms with E-state index in [9.17, 15) is 0 Å². The first-order chi connectivity index (χ1) is 9.10. The number of aryl methyl sites for hydroxylation is 3. The zero-order chi connectivity index (χ0) is 13.8. The van der Waals surface area contributed by atoms with Crippen LogP contribution >= 0.6 is 0 Å². The van der Waals surface area contributed by atoms with Crippen molar-refractivity contribution in [3.8, 4) is 0 Å². The molecule has 0 amide bonds. The molecule has 1 aromatic heterocycles. The van der Waals surface area contributed by atoms with E-state index in [0.29, 0.717) is 6.04 Å². The second-order valence-corrected chi connectivity index (χ2v) is 5.16. The molecule has 3 heteroatoms. The van der Waals surface area contributed by atoms with Crippen LogP contribution in [0.4, 0.5) is 0 Å². The summed E-state index contributed by atoms with van der Waals surface area (Å²) in [7, 11) is 0. The van der Waals surface area contributed by atoms with Gasteiger partial charge in [-0.15, -0.1) is 0 Å². The lowest BCUT2D eigenvalue weighted by atomic mass is 10.0. The minimum atomic E-state index is 0.330. The molecule has 0 radical (unpaired) electrons. The molecule has 0 bridgehead atoms. The number of hydrogen-bond donors (Lipinski definition) is 1. The summed E-state index contributed by atoms with van der Waals surface area (Å²) >= 11 is 0. The van der Waals surface area contributed by atoms with Crippen molar-refractivity contribution in [1.82, 2.24) is 14.9 Å². The molecule has 1 unspecified atom stereocenters. The van der Waals surface area contributed by atoms with Crippen LogP contribution in [-0.4, -0.2) is 16.1 Å². The van der Waals surface area contributed by atoms with Crippen molar-refractivity contribution < 1.29 is 0 Å². The van der Waals surface area contributed by atoms with Crippen LogP contribution in [0.15, 0.2) is 30.6 Å². The molecule has 2 aromatic rings. The van der Waals surface area contributed by atoms with Gasteiger partial charge >= 0.3 is 0 Å². The van der Waals surface area contributed by atoms with Gasteiger partial charge in [0.2, 0.25) is 0 Å². The monoisotopic (exact) mass is 257 g/mol. The van der Waals surface area contributed by atoms with Gasteiger partial charge in [0, 0.05) is 18.9 Å². The number of nitrogens with zero attached hydrogens (tertiary/aromatic N) is 2. The van der Waals surface area contributed by atoms with Gasteiger partial charge in [-0.1, -0.05) is 36.2 Å². The number of nitrogens with one attached hydrogen (secondary N) is 1. The van der Waals surface area contributed by atoms with Crippen LogP contribution in [0, 0.1) is 20.8 Å². The average molecular weight is 257 g/mol. The molecule has 0 aliphatic rings. The van der Waals surface area contributed by atoms with Gasteiger partial charge in [-0.25, -0.2) is 4.98 Å². The Morgan fingerprint density at radius 2 is 1.84 bits per heavy atom. The van der Waals surface area contributed by atoms with Gasteiger partial charge in [0.15, 0.2) is 0 Å². The SMILES string of the molecule is CCNC(Cn1ccnc1C)c1cc(C)cc(C)c1. The summed E-state index contributed by atoms with van der Waals surface area (Å²) in [6, 6.07) is 7.09. The first kappa shape index (κ1) is 13.8. The molecule has 0 fully saturated rings. The lowest BCUT2D eigenvalue weighted by Crippen LogP contribution is -2.25. The summed E-state index contributed by atoms with van der Waals surface area (Å²) in [6.45, 7) is 10.4. The zero-order valence-electron chi connectivity index (χ0n) is 12.3. The Morgan fingerprint density at radius 1 is 1.16 bits per heavy atom. The largest absolute Gasteiger partial charge is 0.333 e. The highest BCUT2D eigenvalue weighted by Gasteiger charge is 2.12. The summed E-state index contributed by atoms with van der Waals surface area (Å²) in [5, 5.41) is 3.57. The van der Waals surface area contributed by atoms with Crippen LogP contribution in [0.2, 0.25) is 0 Å². The standard InChI is InChI=1S/C16H23N3/c1-5-17-16(11-19-7-6-18-14(19)4)15-9-12(2)8-13(3)10-15/h6-10,16-17H,5,11H2,1-4H3. The lowest BCUT2D eigenvalue weighted by Gasteiger charge is -2.21. The maximum Gasteiger partial charge on any atom is 0.105 e. The molecule has 0 aliphatic heterocycles. The van der Waals surface area contributed by atoms with E-state index in [1.54, 1.807) is 0 Å². The van der Waals surface area contributed by atoms with E-state index in [4.69, 9.17) is 0 Å². The first-order valence-corrected chi connectivity index (χ1v) is 6.89. The van der Waals surface area contributed by atoms with Crippen molar-refractivity contribution in [2.45, 2.75) is 40.3 Å². The number of imidazole rings is 1. The Morgan fingerprint density at radius 3 is 2.37 bits per heavy atom. The highest BCUT2D eigenvalue weighted by atomic mass is 15.1. The van der Waals surface area contributed by atoms with Crippen LogP contribution in [0.5, 0.6) is 0 Å². The fourth-order valence-electron chi connectivity index (χ4n) is 2.54. The van der Waals surface area contributed by atoms with Crippen LogP contribution in [0.1, 0.15) is 35.5 Å². The van der Waals surface area contributed by atoms with Crippen LogP contribution in [-0.2, 0) is 6.54 Å². The molecular formula is C16H23N3. The Hall–Kier alpha value is -1.61. The van der Waals surface area contributed by atoms with Crippen LogP contribution in [0.25, 0.3) is 0 Å². The maximum atomic E-state index is 4.29. The lowest BCUT2D eigenvalue weighted by molar-refractivity contribution is 0.469. The smallest absolute Gasteiger partial charge is 0.105 e. The Balaban J connectivity index is 2.26. The van der Waals surface area contributed by atoms with Gasteiger partial charge in [-0.3, -0.25) is 0 Å².